The number of nitrogens with zero attached hydrogens (tertiary/aromatic N) is 1. The van der Waals surface area contributed by atoms with Gasteiger partial charge in [-0.1, -0.05) is 41.1 Å². The Morgan fingerprint density at radius 1 is 1.35 bits per heavy atom. The summed E-state index contributed by atoms with van der Waals surface area (Å²) in [6.45, 7) is 3.21. The summed E-state index contributed by atoms with van der Waals surface area (Å²) in [5.41, 5.74) is 2.62. The minimum atomic E-state index is 0.209. The third-order valence-electron chi connectivity index (χ3n) is 3.67. The molecule has 1 aliphatic carbocycles. The summed E-state index contributed by atoms with van der Waals surface area (Å²) in [5, 5.41) is 4.87. The number of nitrogens with one attached hydrogen (secondary N) is 1. The lowest BCUT2D eigenvalue weighted by molar-refractivity contribution is 0.593. The molecule has 1 aliphatic rings. The summed E-state index contributed by atoms with van der Waals surface area (Å²) in [6, 6.07) is 8.66. The average molecular weight is 351 g/mol. The van der Waals surface area contributed by atoms with Crippen LogP contribution < -0.4 is 5.32 Å². The Labute approximate surface area is 132 Å². The number of halogens is 1. The molecule has 0 fully saturated rings. The van der Waals surface area contributed by atoms with Gasteiger partial charge in [-0.2, -0.15) is 0 Å². The molecule has 1 heterocycles. The zero-order chi connectivity index (χ0) is 13.9. The summed E-state index contributed by atoms with van der Waals surface area (Å²) in [6.07, 6.45) is 4.77. The second-order valence-corrected chi connectivity index (χ2v) is 7.15. The number of thiazole rings is 1. The van der Waals surface area contributed by atoms with Crippen LogP contribution in [0.25, 0.3) is 0 Å². The zero-order valence-electron chi connectivity index (χ0n) is 11.7. The van der Waals surface area contributed by atoms with E-state index in [0.29, 0.717) is 0 Å². The highest BCUT2D eigenvalue weighted by Crippen LogP contribution is 2.35. The van der Waals surface area contributed by atoms with E-state index in [4.69, 9.17) is 4.98 Å². The van der Waals surface area contributed by atoms with Gasteiger partial charge in [-0.3, -0.25) is 0 Å². The molecule has 0 saturated heterocycles. The number of benzene rings is 1. The van der Waals surface area contributed by atoms with Crippen LogP contribution >= 0.6 is 27.3 Å². The molecule has 0 amide bonds. The van der Waals surface area contributed by atoms with Gasteiger partial charge in [0.05, 0.1) is 11.7 Å². The van der Waals surface area contributed by atoms with E-state index >= 15 is 0 Å². The maximum atomic E-state index is 4.90. The second kappa shape index (κ2) is 6.37. The van der Waals surface area contributed by atoms with Gasteiger partial charge in [-0.25, -0.2) is 4.98 Å². The molecule has 0 aliphatic heterocycles. The van der Waals surface area contributed by atoms with Crippen LogP contribution in [0.3, 0.4) is 0 Å². The van der Waals surface area contributed by atoms with Gasteiger partial charge in [0, 0.05) is 9.35 Å². The summed E-state index contributed by atoms with van der Waals surface area (Å²) in [4.78, 5) is 6.39. The zero-order valence-corrected chi connectivity index (χ0v) is 14.1. The summed E-state index contributed by atoms with van der Waals surface area (Å²) < 4.78 is 1.16. The smallest absolute Gasteiger partial charge is 0.115 e. The van der Waals surface area contributed by atoms with Crippen molar-refractivity contribution in [2.75, 3.05) is 6.54 Å². The van der Waals surface area contributed by atoms with Crippen molar-refractivity contribution in [1.29, 1.82) is 0 Å². The van der Waals surface area contributed by atoms with E-state index in [0.717, 1.165) is 23.9 Å². The van der Waals surface area contributed by atoms with Gasteiger partial charge < -0.3 is 5.32 Å². The maximum Gasteiger partial charge on any atom is 0.115 e. The summed E-state index contributed by atoms with van der Waals surface area (Å²) in [5.74, 6) is 0. The van der Waals surface area contributed by atoms with Crippen LogP contribution in [-0.2, 0) is 12.8 Å². The highest BCUT2D eigenvalue weighted by Gasteiger charge is 2.23. The first kappa shape index (κ1) is 14.2. The highest BCUT2D eigenvalue weighted by molar-refractivity contribution is 9.10. The number of hydrogen-bond acceptors (Lipinski definition) is 3. The van der Waals surface area contributed by atoms with E-state index in [1.165, 1.54) is 34.0 Å². The fraction of sp³-hybridized carbons (Fsp3) is 0.438. The van der Waals surface area contributed by atoms with Gasteiger partial charge in [0.15, 0.2) is 0 Å². The first-order valence-electron chi connectivity index (χ1n) is 7.26. The molecule has 0 saturated carbocycles. The lowest BCUT2D eigenvalue weighted by Crippen LogP contribution is -2.23. The number of hydrogen-bond donors (Lipinski definition) is 1. The predicted octanol–water partition coefficient (Wildman–Crippen LogP) is 4.48. The third-order valence-corrected chi connectivity index (χ3v) is 5.62. The topological polar surface area (TPSA) is 24.9 Å². The fourth-order valence-electron chi connectivity index (χ4n) is 2.66. The molecule has 106 valence electrons. The molecule has 3 rings (SSSR count). The average Bonchev–Trinajstić information content (AvgIpc) is 3.02. The molecule has 1 unspecified atom stereocenters. The van der Waals surface area contributed by atoms with E-state index in [1.807, 2.05) is 11.3 Å². The van der Waals surface area contributed by atoms with Crippen molar-refractivity contribution in [3.63, 3.8) is 0 Å². The number of aromatic nitrogens is 1. The minimum Gasteiger partial charge on any atom is -0.304 e. The van der Waals surface area contributed by atoms with Crippen molar-refractivity contribution in [3.8, 4) is 0 Å². The number of fused-ring (bicyclic) bond motifs is 1. The largest absolute Gasteiger partial charge is 0.304 e. The summed E-state index contributed by atoms with van der Waals surface area (Å²) >= 11 is 5.57. The van der Waals surface area contributed by atoms with Gasteiger partial charge >= 0.3 is 0 Å². The fourth-order valence-corrected chi connectivity index (χ4v) is 4.42. The van der Waals surface area contributed by atoms with E-state index in [1.54, 1.807) is 0 Å². The molecule has 1 N–H and O–H groups in total. The molecule has 2 nitrogen and oxygen atoms in total. The predicted molar refractivity (Wildman–Crippen MR) is 88.4 cm³/mol. The normalized spacial score (nSPS) is 15.3. The van der Waals surface area contributed by atoms with Crippen LogP contribution in [0, 0.1) is 0 Å². The highest BCUT2D eigenvalue weighted by atomic mass is 79.9. The Morgan fingerprint density at radius 3 is 2.95 bits per heavy atom. The summed E-state index contributed by atoms with van der Waals surface area (Å²) in [7, 11) is 0. The lowest BCUT2D eigenvalue weighted by Gasteiger charge is -2.18. The molecule has 1 aromatic heterocycles. The van der Waals surface area contributed by atoms with Crippen LogP contribution in [0.5, 0.6) is 0 Å². The standard InChI is InChI=1S/C16H19BrN2S/c1-2-10-18-15(11-6-3-4-7-12(11)17)16-19-13-8-5-9-14(13)20-16/h3-4,6-7,15,18H,2,5,8-10H2,1H3. The number of aryl methyl sites for hydroxylation is 2. The second-order valence-electron chi connectivity index (χ2n) is 5.18. The molecular formula is C16H19BrN2S. The first-order chi connectivity index (χ1) is 9.79. The van der Waals surface area contributed by atoms with Crippen molar-refractivity contribution in [1.82, 2.24) is 10.3 Å². The molecule has 0 radical (unpaired) electrons. The maximum absolute atomic E-state index is 4.90. The first-order valence-corrected chi connectivity index (χ1v) is 8.87. The molecular weight excluding hydrogens is 332 g/mol. The minimum absolute atomic E-state index is 0.209. The quantitative estimate of drug-likeness (QED) is 0.859. The Balaban J connectivity index is 1.95. The monoisotopic (exact) mass is 350 g/mol. The van der Waals surface area contributed by atoms with Crippen molar-refractivity contribution in [2.45, 2.75) is 38.6 Å². The molecule has 0 bridgehead atoms. The van der Waals surface area contributed by atoms with Gasteiger partial charge in [-0.15, -0.1) is 11.3 Å². The van der Waals surface area contributed by atoms with E-state index in [2.05, 4.69) is 52.4 Å². The Bertz CT molecular complexity index is 572. The van der Waals surface area contributed by atoms with Gasteiger partial charge in [0.25, 0.3) is 0 Å². The lowest BCUT2D eigenvalue weighted by atomic mass is 10.1. The van der Waals surface area contributed by atoms with Crippen molar-refractivity contribution >= 4 is 27.3 Å². The molecule has 0 spiro atoms. The molecule has 20 heavy (non-hydrogen) atoms. The van der Waals surface area contributed by atoms with Crippen LogP contribution in [-0.4, -0.2) is 11.5 Å². The Hall–Kier alpha value is -0.710. The van der Waals surface area contributed by atoms with Crippen LogP contribution in [0.1, 0.15) is 46.9 Å². The van der Waals surface area contributed by atoms with Crippen LogP contribution in [0.2, 0.25) is 0 Å². The van der Waals surface area contributed by atoms with Crippen molar-refractivity contribution in [3.05, 3.63) is 49.9 Å². The Morgan fingerprint density at radius 2 is 2.20 bits per heavy atom. The molecule has 1 aromatic carbocycles. The van der Waals surface area contributed by atoms with Crippen LogP contribution in [0.4, 0.5) is 0 Å². The third kappa shape index (κ3) is 2.83. The van der Waals surface area contributed by atoms with E-state index < -0.39 is 0 Å². The molecule has 4 heteroatoms. The van der Waals surface area contributed by atoms with Gasteiger partial charge in [-0.05, 0) is 43.9 Å². The Kier molecular flexibility index (Phi) is 4.54. The van der Waals surface area contributed by atoms with E-state index in [9.17, 15) is 0 Å². The SMILES string of the molecule is CCCNC(c1nc2c(s1)CCC2)c1ccccc1Br. The van der Waals surface area contributed by atoms with Crippen LogP contribution in [0.15, 0.2) is 28.7 Å². The van der Waals surface area contributed by atoms with Gasteiger partial charge in [0.1, 0.15) is 5.01 Å². The molecule has 2 aromatic rings. The van der Waals surface area contributed by atoms with Gasteiger partial charge in [0.2, 0.25) is 0 Å². The van der Waals surface area contributed by atoms with Crippen molar-refractivity contribution < 1.29 is 0 Å². The van der Waals surface area contributed by atoms with E-state index in [-0.39, 0.29) is 6.04 Å². The van der Waals surface area contributed by atoms with Crippen molar-refractivity contribution in [2.24, 2.45) is 0 Å². The number of rotatable bonds is 5. The molecule has 1 atom stereocenters.